The van der Waals surface area contributed by atoms with Gasteiger partial charge in [0, 0.05) is 5.56 Å². The lowest BCUT2D eigenvalue weighted by molar-refractivity contribution is 0.378. The first-order chi connectivity index (χ1) is 8.22. The predicted octanol–water partition coefficient (Wildman–Crippen LogP) is 2.21. The van der Waals surface area contributed by atoms with Crippen molar-refractivity contribution in [3.05, 3.63) is 29.5 Å². The van der Waals surface area contributed by atoms with Gasteiger partial charge in [0.2, 0.25) is 5.28 Å². The van der Waals surface area contributed by atoms with E-state index in [2.05, 4.69) is 15.0 Å². The Bertz CT molecular complexity index is 534. The van der Waals surface area contributed by atoms with Gasteiger partial charge in [-0.1, -0.05) is 12.1 Å². The predicted molar refractivity (Wildman–Crippen MR) is 63.4 cm³/mol. The van der Waals surface area contributed by atoms with E-state index >= 15 is 0 Å². The summed E-state index contributed by atoms with van der Waals surface area (Å²) in [6.07, 6.45) is 0. The Hall–Kier alpha value is -1.88. The van der Waals surface area contributed by atoms with Crippen LogP contribution < -0.4 is 9.47 Å². The van der Waals surface area contributed by atoms with Gasteiger partial charge < -0.3 is 9.47 Å². The standard InChI is InChI=1S/C11H10ClN3O2/c1-16-8-5-3-4-7(6-8)9-13-10(12)15-11(14-9)17-2/h3-6H,1-2H3. The molecule has 0 fully saturated rings. The molecule has 5 nitrogen and oxygen atoms in total. The number of nitrogens with zero attached hydrogens (tertiary/aromatic N) is 3. The maximum absolute atomic E-state index is 5.78. The largest absolute Gasteiger partial charge is 0.497 e. The van der Waals surface area contributed by atoms with Crippen molar-refractivity contribution >= 4 is 11.6 Å². The molecule has 0 radical (unpaired) electrons. The van der Waals surface area contributed by atoms with Gasteiger partial charge in [-0.3, -0.25) is 0 Å². The molecule has 1 aromatic carbocycles. The zero-order valence-corrected chi connectivity index (χ0v) is 10.1. The van der Waals surface area contributed by atoms with Crippen molar-refractivity contribution in [2.24, 2.45) is 0 Å². The van der Waals surface area contributed by atoms with E-state index in [9.17, 15) is 0 Å². The van der Waals surface area contributed by atoms with Gasteiger partial charge in [0.25, 0.3) is 0 Å². The second kappa shape index (κ2) is 4.97. The van der Waals surface area contributed by atoms with Gasteiger partial charge in [-0.05, 0) is 23.7 Å². The van der Waals surface area contributed by atoms with Crippen LogP contribution in [0.1, 0.15) is 0 Å². The molecule has 1 heterocycles. The van der Waals surface area contributed by atoms with Gasteiger partial charge >= 0.3 is 6.01 Å². The molecule has 6 heteroatoms. The van der Waals surface area contributed by atoms with Crippen LogP contribution in [0.3, 0.4) is 0 Å². The second-order valence-electron chi connectivity index (χ2n) is 3.15. The van der Waals surface area contributed by atoms with Gasteiger partial charge in [0.05, 0.1) is 14.2 Å². The van der Waals surface area contributed by atoms with E-state index in [1.165, 1.54) is 7.11 Å². The van der Waals surface area contributed by atoms with Gasteiger partial charge in [0.15, 0.2) is 5.82 Å². The Morgan fingerprint density at radius 3 is 2.59 bits per heavy atom. The molecule has 17 heavy (non-hydrogen) atoms. The van der Waals surface area contributed by atoms with Crippen molar-refractivity contribution in [3.8, 4) is 23.1 Å². The van der Waals surface area contributed by atoms with E-state index in [4.69, 9.17) is 21.1 Å². The lowest BCUT2D eigenvalue weighted by atomic mass is 10.2. The molecule has 1 aromatic heterocycles. The fraction of sp³-hybridized carbons (Fsp3) is 0.182. The minimum atomic E-state index is 0.0923. The van der Waals surface area contributed by atoms with Gasteiger partial charge in [-0.25, -0.2) is 0 Å². The highest BCUT2D eigenvalue weighted by Crippen LogP contribution is 2.22. The summed E-state index contributed by atoms with van der Waals surface area (Å²) < 4.78 is 10.1. The second-order valence-corrected chi connectivity index (χ2v) is 3.48. The third-order valence-electron chi connectivity index (χ3n) is 2.10. The first-order valence-corrected chi connectivity index (χ1v) is 5.20. The molecule has 88 valence electrons. The van der Waals surface area contributed by atoms with E-state index in [-0.39, 0.29) is 11.3 Å². The van der Waals surface area contributed by atoms with Crippen LogP contribution in [0.25, 0.3) is 11.4 Å². The Morgan fingerprint density at radius 1 is 1.06 bits per heavy atom. The average Bonchev–Trinajstić information content (AvgIpc) is 2.38. The Kier molecular flexibility index (Phi) is 3.39. The van der Waals surface area contributed by atoms with Crippen molar-refractivity contribution in [2.45, 2.75) is 0 Å². The molecule has 2 rings (SSSR count). The molecule has 0 aliphatic rings. The van der Waals surface area contributed by atoms with E-state index in [1.807, 2.05) is 24.3 Å². The quantitative estimate of drug-likeness (QED) is 0.837. The topological polar surface area (TPSA) is 57.1 Å². The third-order valence-corrected chi connectivity index (χ3v) is 2.27. The first kappa shape index (κ1) is 11.6. The Morgan fingerprint density at radius 2 is 1.88 bits per heavy atom. The molecule has 0 atom stereocenters. The molecule has 0 saturated heterocycles. The molecule has 0 N–H and O–H groups in total. The van der Waals surface area contributed by atoms with Crippen LogP contribution in [0.5, 0.6) is 11.8 Å². The number of halogens is 1. The lowest BCUT2D eigenvalue weighted by Crippen LogP contribution is -1.98. The molecule has 0 spiro atoms. The highest BCUT2D eigenvalue weighted by Gasteiger charge is 2.08. The van der Waals surface area contributed by atoms with Crippen LogP contribution in [0.2, 0.25) is 5.28 Å². The van der Waals surface area contributed by atoms with Crippen LogP contribution in [0.4, 0.5) is 0 Å². The van der Waals surface area contributed by atoms with Crippen molar-refractivity contribution in [3.63, 3.8) is 0 Å². The number of rotatable bonds is 3. The third kappa shape index (κ3) is 2.62. The highest BCUT2D eigenvalue weighted by atomic mass is 35.5. The van der Waals surface area contributed by atoms with Crippen molar-refractivity contribution in [1.82, 2.24) is 15.0 Å². The summed E-state index contributed by atoms with van der Waals surface area (Å²) in [7, 11) is 3.07. The van der Waals surface area contributed by atoms with E-state index in [1.54, 1.807) is 7.11 Å². The first-order valence-electron chi connectivity index (χ1n) is 4.83. The summed E-state index contributed by atoms with van der Waals surface area (Å²) in [5.41, 5.74) is 0.784. The number of aromatic nitrogens is 3. The average molecular weight is 252 g/mol. The summed E-state index contributed by atoms with van der Waals surface area (Å²) >= 11 is 5.78. The van der Waals surface area contributed by atoms with Crippen molar-refractivity contribution < 1.29 is 9.47 Å². The smallest absolute Gasteiger partial charge is 0.321 e. The molecule has 0 saturated carbocycles. The number of ether oxygens (including phenoxy) is 2. The monoisotopic (exact) mass is 251 g/mol. The van der Waals surface area contributed by atoms with Crippen LogP contribution in [-0.4, -0.2) is 29.2 Å². The lowest BCUT2D eigenvalue weighted by Gasteiger charge is -2.04. The minimum Gasteiger partial charge on any atom is -0.497 e. The number of hydrogen-bond donors (Lipinski definition) is 0. The van der Waals surface area contributed by atoms with Crippen LogP contribution >= 0.6 is 11.6 Å². The van der Waals surface area contributed by atoms with Gasteiger partial charge in [-0.15, -0.1) is 0 Å². The molecule has 2 aromatic rings. The SMILES string of the molecule is COc1cccc(-c2nc(Cl)nc(OC)n2)c1. The molecular weight excluding hydrogens is 242 g/mol. The molecule has 0 unspecified atom stereocenters. The number of hydrogen-bond acceptors (Lipinski definition) is 5. The van der Waals surface area contributed by atoms with Gasteiger partial charge in [-0.2, -0.15) is 15.0 Å². The van der Waals surface area contributed by atoms with E-state index in [0.29, 0.717) is 5.82 Å². The minimum absolute atomic E-state index is 0.0923. The molecule has 0 aliphatic carbocycles. The summed E-state index contributed by atoms with van der Waals surface area (Å²) in [5.74, 6) is 1.17. The maximum Gasteiger partial charge on any atom is 0.321 e. The van der Waals surface area contributed by atoms with E-state index < -0.39 is 0 Å². The van der Waals surface area contributed by atoms with Crippen LogP contribution in [-0.2, 0) is 0 Å². The Labute approximate surface area is 103 Å². The molecular formula is C11H10ClN3O2. The summed E-state index contributed by atoms with van der Waals surface area (Å²) in [6.45, 7) is 0. The fourth-order valence-electron chi connectivity index (χ4n) is 1.31. The zero-order valence-electron chi connectivity index (χ0n) is 9.35. The van der Waals surface area contributed by atoms with Crippen LogP contribution in [0.15, 0.2) is 24.3 Å². The summed E-state index contributed by atoms with van der Waals surface area (Å²) in [6, 6.07) is 7.53. The molecule has 0 bridgehead atoms. The fourth-order valence-corrected chi connectivity index (χ4v) is 1.47. The van der Waals surface area contributed by atoms with Crippen LogP contribution in [0, 0.1) is 0 Å². The van der Waals surface area contributed by atoms with Crippen molar-refractivity contribution in [2.75, 3.05) is 14.2 Å². The number of methoxy groups -OCH3 is 2. The summed E-state index contributed by atoms with van der Waals surface area (Å²) in [5, 5.41) is 0.0923. The van der Waals surface area contributed by atoms with Gasteiger partial charge in [0.1, 0.15) is 5.75 Å². The van der Waals surface area contributed by atoms with Crippen molar-refractivity contribution in [1.29, 1.82) is 0 Å². The molecule has 0 aliphatic heterocycles. The molecule has 0 amide bonds. The highest BCUT2D eigenvalue weighted by molar-refractivity contribution is 6.28. The summed E-state index contributed by atoms with van der Waals surface area (Å²) in [4.78, 5) is 12.0. The zero-order chi connectivity index (χ0) is 12.3. The normalized spacial score (nSPS) is 10.1. The van der Waals surface area contributed by atoms with E-state index in [0.717, 1.165) is 11.3 Å². The number of benzene rings is 1. The maximum atomic E-state index is 5.78. The Balaban J connectivity index is 2.47.